The van der Waals surface area contributed by atoms with E-state index in [1.165, 1.54) is 18.2 Å². The minimum Gasteiger partial charge on any atom is -0.396 e. The van der Waals surface area contributed by atoms with Gasteiger partial charge in [-0.3, -0.25) is 0 Å². The number of nitrogens with zero attached hydrogens (tertiary/aromatic N) is 2. The Morgan fingerprint density at radius 1 is 1.33 bits per heavy atom. The standard InChI is InChI=1S/C12H8ClFN4/c13-11-4-2-9(16)12(18-11)17-10-3-1-7(6-15)5-8(10)14/h1-5H,16H2,(H,17,18). The lowest BCUT2D eigenvalue weighted by atomic mass is 10.2. The second-order valence-corrected chi connectivity index (χ2v) is 3.89. The fourth-order valence-corrected chi connectivity index (χ4v) is 1.51. The van der Waals surface area contributed by atoms with Gasteiger partial charge in [-0.1, -0.05) is 11.6 Å². The Hall–Kier alpha value is -2.32. The molecular formula is C12H8ClFN4. The first-order chi connectivity index (χ1) is 8.60. The van der Waals surface area contributed by atoms with Crippen LogP contribution in [0.2, 0.25) is 5.15 Å². The highest BCUT2D eigenvalue weighted by Crippen LogP contribution is 2.25. The van der Waals surface area contributed by atoms with E-state index >= 15 is 0 Å². The molecular weight excluding hydrogens is 255 g/mol. The molecule has 90 valence electrons. The summed E-state index contributed by atoms with van der Waals surface area (Å²) >= 11 is 5.73. The summed E-state index contributed by atoms with van der Waals surface area (Å²) in [6, 6.07) is 9.02. The van der Waals surface area contributed by atoms with Crippen LogP contribution < -0.4 is 11.1 Å². The number of nitriles is 1. The minimum atomic E-state index is -0.560. The molecule has 0 unspecified atom stereocenters. The van der Waals surface area contributed by atoms with Gasteiger partial charge in [0.2, 0.25) is 0 Å². The predicted molar refractivity (Wildman–Crippen MR) is 68.1 cm³/mol. The normalized spacial score (nSPS) is 9.83. The van der Waals surface area contributed by atoms with Gasteiger partial charge in [0.1, 0.15) is 11.0 Å². The average Bonchev–Trinajstić information content (AvgIpc) is 2.36. The fraction of sp³-hybridized carbons (Fsp3) is 0. The largest absolute Gasteiger partial charge is 0.396 e. The molecule has 18 heavy (non-hydrogen) atoms. The zero-order chi connectivity index (χ0) is 13.1. The minimum absolute atomic E-state index is 0.176. The quantitative estimate of drug-likeness (QED) is 0.816. The molecule has 0 saturated heterocycles. The molecule has 6 heteroatoms. The Bertz CT molecular complexity index is 636. The van der Waals surface area contributed by atoms with E-state index in [0.717, 1.165) is 6.07 Å². The van der Waals surface area contributed by atoms with Gasteiger partial charge in [-0.15, -0.1) is 0 Å². The maximum absolute atomic E-state index is 13.6. The molecule has 0 saturated carbocycles. The van der Waals surface area contributed by atoms with Gasteiger partial charge in [0.15, 0.2) is 5.82 Å². The van der Waals surface area contributed by atoms with Crippen molar-refractivity contribution in [1.29, 1.82) is 5.26 Å². The first-order valence-electron chi connectivity index (χ1n) is 4.99. The summed E-state index contributed by atoms with van der Waals surface area (Å²) in [5.41, 5.74) is 6.45. The number of hydrogen-bond donors (Lipinski definition) is 2. The van der Waals surface area contributed by atoms with Crippen LogP contribution in [0.1, 0.15) is 5.56 Å². The molecule has 3 N–H and O–H groups in total. The van der Waals surface area contributed by atoms with Crippen molar-refractivity contribution in [2.45, 2.75) is 0 Å². The Kier molecular flexibility index (Phi) is 3.31. The van der Waals surface area contributed by atoms with Gasteiger partial charge < -0.3 is 11.1 Å². The van der Waals surface area contributed by atoms with E-state index in [1.54, 1.807) is 6.07 Å². The number of halogens is 2. The Morgan fingerprint density at radius 3 is 2.78 bits per heavy atom. The Morgan fingerprint density at radius 2 is 2.11 bits per heavy atom. The van der Waals surface area contributed by atoms with E-state index in [1.807, 2.05) is 6.07 Å². The van der Waals surface area contributed by atoms with Crippen molar-refractivity contribution < 1.29 is 4.39 Å². The number of anilines is 3. The van der Waals surface area contributed by atoms with Crippen LogP contribution in [-0.4, -0.2) is 4.98 Å². The second-order valence-electron chi connectivity index (χ2n) is 3.50. The van der Waals surface area contributed by atoms with Gasteiger partial charge in [-0.05, 0) is 30.3 Å². The highest BCUT2D eigenvalue weighted by atomic mass is 35.5. The third kappa shape index (κ3) is 2.50. The van der Waals surface area contributed by atoms with Crippen LogP contribution in [0.3, 0.4) is 0 Å². The number of nitrogens with two attached hydrogens (primary N) is 1. The highest BCUT2D eigenvalue weighted by Gasteiger charge is 2.07. The Balaban J connectivity index is 2.34. The molecule has 0 aliphatic heterocycles. The molecule has 0 atom stereocenters. The maximum Gasteiger partial charge on any atom is 0.155 e. The molecule has 0 aliphatic carbocycles. The van der Waals surface area contributed by atoms with Crippen molar-refractivity contribution in [1.82, 2.24) is 4.98 Å². The zero-order valence-corrected chi connectivity index (χ0v) is 9.87. The van der Waals surface area contributed by atoms with Crippen LogP contribution in [0, 0.1) is 17.1 Å². The average molecular weight is 263 g/mol. The molecule has 4 nitrogen and oxygen atoms in total. The lowest BCUT2D eigenvalue weighted by Gasteiger charge is -2.09. The molecule has 2 aromatic rings. The molecule has 0 fully saturated rings. The van der Waals surface area contributed by atoms with Crippen LogP contribution >= 0.6 is 11.6 Å². The fourth-order valence-electron chi connectivity index (χ4n) is 1.36. The second kappa shape index (κ2) is 4.90. The summed E-state index contributed by atoms with van der Waals surface area (Å²) in [7, 11) is 0. The summed E-state index contributed by atoms with van der Waals surface area (Å²) in [6.45, 7) is 0. The van der Waals surface area contributed by atoms with Crippen molar-refractivity contribution >= 4 is 28.8 Å². The van der Waals surface area contributed by atoms with Crippen molar-refractivity contribution in [2.75, 3.05) is 11.1 Å². The van der Waals surface area contributed by atoms with Gasteiger partial charge in [0.05, 0.1) is 23.0 Å². The van der Waals surface area contributed by atoms with E-state index < -0.39 is 5.82 Å². The van der Waals surface area contributed by atoms with Gasteiger partial charge in [-0.25, -0.2) is 9.37 Å². The first-order valence-corrected chi connectivity index (χ1v) is 5.36. The number of pyridine rings is 1. The van der Waals surface area contributed by atoms with Crippen LogP contribution in [0.5, 0.6) is 0 Å². The van der Waals surface area contributed by atoms with Crippen LogP contribution in [0.4, 0.5) is 21.6 Å². The predicted octanol–water partition coefficient (Wildman–Crippen LogP) is 3.07. The third-order valence-corrected chi connectivity index (χ3v) is 2.45. The molecule has 2 rings (SSSR count). The number of aromatic nitrogens is 1. The Labute approximate surface area is 108 Å². The van der Waals surface area contributed by atoms with Gasteiger partial charge >= 0.3 is 0 Å². The third-order valence-electron chi connectivity index (χ3n) is 2.24. The number of hydrogen-bond acceptors (Lipinski definition) is 4. The molecule has 1 heterocycles. The number of nitrogens with one attached hydrogen (secondary N) is 1. The maximum atomic E-state index is 13.6. The molecule has 0 aliphatic rings. The lowest BCUT2D eigenvalue weighted by Crippen LogP contribution is -2.01. The van der Waals surface area contributed by atoms with Crippen molar-refractivity contribution in [3.05, 3.63) is 46.9 Å². The number of benzene rings is 1. The van der Waals surface area contributed by atoms with E-state index in [4.69, 9.17) is 22.6 Å². The SMILES string of the molecule is N#Cc1ccc(Nc2nc(Cl)ccc2N)c(F)c1. The topological polar surface area (TPSA) is 74.7 Å². The van der Waals surface area contributed by atoms with E-state index in [9.17, 15) is 4.39 Å². The monoisotopic (exact) mass is 262 g/mol. The van der Waals surface area contributed by atoms with Crippen LogP contribution in [-0.2, 0) is 0 Å². The summed E-state index contributed by atoms with van der Waals surface area (Å²) in [4.78, 5) is 3.95. The van der Waals surface area contributed by atoms with Crippen LogP contribution in [0.15, 0.2) is 30.3 Å². The summed E-state index contributed by atoms with van der Waals surface area (Å²) in [5, 5.41) is 11.6. The lowest BCUT2D eigenvalue weighted by molar-refractivity contribution is 0.631. The zero-order valence-electron chi connectivity index (χ0n) is 9.11. The van der Waals surface area contributed by atoms with Gasteiger partial charge in [-0.2, -0.15) is 5.26 Å². The van der Waals surface area contributed by atoms with Crippen molar-refractivity contribution in [3.63, 3.8) is 0 Å². The molecule has 0 bridgehead atoms. The highest BCUT2D eigenvalue weighted by molar-refractivity contribution is 6.29. The van der Waals surface area contributed by atoms with Crippen molar-refractivity contribution in [3.8, 4) is 6.07 Å². The molecule has 0 spiro atoms. The molecule has 1 aromatic heterocycles. The smallest absolute Gasteiger partial charge is 0.155 e. The van der Waals surface area contributed by atoms with E-state index in [0.29, 0.717) is 5.69 Å². The van der Waals surface area contributed by atoms with E-state index in [-0.39, 0.29) is 22.2 Å². The number of rotatable bonds is 2. The molecule has 1 aromatic carbocycles. The van der Waals surface area contributed by atoms with Crippen molar-refractivity contribution in [2.24, 2.45) is 0 Å². The summed E-state index contributed by atoms with van der Waals surface area (Å²) < 4.78 is 13.6. The molecule has 0 amide bonds. The summed E-state index contributed by atoms with van der Waals surface area (Å²) in [6.07, 6.45) is 0. The summed E-state index contributed by atoms with van der Waals surface area (Å²) in [5.74, 6) is -0.290. The van der Waals surface area contributed by atoms with Gasteiger partial charge in [0.25, 0.3) is 0 Å². The van der Waals surface area contributed by atoms with Crippen LogP contribution in [0.25, 0.3) is 0 Å². The van der Waals surface area contributed by atoms with Gasteiger partial charge in [0, 0.05) is 0 Å². The van der Waals surface area contributed by atoms with E-state index in [2.05, 4.69) is 10.3 Å². The number of nitrogen functional groups attached to an aromatic ring is 1. The molecule has 0 radical (unpaired) electrons. The first kappa shape index (κ1) is 12.1.